The molecular formula is C29H39N3O5S. The van der Waals surface area contributed by atoms with Crippen molar-refractivity contribution in [2.75, 3.05) is 33.8 Å². The van der Waals surface area contributed by atoms with Crippen LogP contribution in [0.4, 0.5) is 0 Å². The van der Waals surface area contributed by atoms with Gasteiger partial charge in [-0.2, -0.15) is 4.31 Å². The van der Waals surface area contributed by atoms with Crippen LogP contribution in [0, 0.1) is 5.92 Å². The minimum Gasteiger partial charge on any atom is -0.491 e. The van der Waals surface area contributed by atoms with Crippen molar-refractivity contribution >= 4 is 21.8 Å². The molecule has 0 spiro atoms. The molecule has 0 aliphatic carbocycles. The lowest BCUT2D eigenvalue weighted by Gasteiger charge is -2.34. The number of hydrogen-bond donors (Lipinski definition) is 0. The number of ether oxygens (including phenoxy) is 1. The molecule has 0 saturated carbocycles. The van der Waals surface area contributed by atoms with E-state index in [1.807, 2.05) is 61.2 Å². The molecule has 0 bridgehead atoms. The Bertz CT molecular complexity index is 1240. The molecule has 3 rings (SSSR count). The Hall–Kier alpha value is -3.17. The van der Waals surface area contributed by atoms with Crippen molar-refractivity contribution in [1.29, 1.82) is 0 Å². The molecule has 206 valence electrons. The molecule has 0 aromatic heterocycles. The summed E-state index contributed by atoms with van der Waals surface area (Å²) in [4.78, 5) is 29.3. The van der Waals surface area contributed by atoms with Gasteiger partial charge in [-0.05, 0) is 42.5 Å². The van der Waals surface area contributed by atoms with E-state index in [4.69, 9.17) is 4.74 Å². The maximum Gasteiger partial charge on any atom is 0.257 e. The molecule has 2 aromatic rings. The predicted octanol–water partition coefficient (Wildman–Crippen LogP) is 4.18. The van der Waals surface area contributed by atoms with E-state index in [1.54, 1.807) is 20.0 Å². The van der Waals surface area contributed by atoms with Gasteiger partial charge >= 0.3 is 0 Å². The molecule has 1 aliphatic rings. The van der Waals surface area contributed by atoms with Crippen LogP contribution in [0.2, 0.25) is 0 Å². The molecule has 0 radical (unpaired) electrons. The summed E-state index contributed by atoms with van der Waals surface area (Å²) < 4.78 is 34.3. The fraction of sp³-hybridized carbons (Fsp3) is 0.448. The molecule has 1 atom stereocenters. The Labute approximate surface area is 226 Å². The van der Waals surface area contributed by atoms with Gasteiger partial charge in [0.2, 0.25) is 15.9 Å². The number of allylic oxidation sites excluding steroid dienone is 1. The maximum absolute atomic E-state index is 13.5. The second kappa shape index (κ2) is 13.1. The van der Waals surface area contributed by atoms with Gasteiger partial charge in [0, 0.05) is 40.7 Å². The zero-order valence-corrected chi connectivity index (χ0v) is 23.8. The maximum atomic E-state index is 13.5. The molecule has 8 nitrogen and oxygen atoms in total. The average Bonchev–Trinajstić information content (AvgIpc) is 2.88. The zero-order chi connectivity index (χ0) is 27.9. The number of nitrogens with zero attached hydrogens (tertiary/aromatic N) is 3. The molecule has 0 fully saturated rings. The van der Waals surface area contributed by atoms with Gasteiger partial charge in [0.05, 0.1) is 16.5 Å². The lowest BCUT2D eigenvalue weighted by molar-refractivity contribution is -0.133. The van der Waals surface area contributed by atoms with Crippen molar-refractivity contribution in [2.45, 2.75) is 51.1 Å². The van der Waals surface area contributed by atoms with Crippen molar-refractivity contribution in [3.8, 4) is 5.75 Å². The van der Waals surface area contributed by atoms with Crippen LogP contribution in [0.3, 0.4) is 0 Å². The van der Waals surface area contributed by atoms with Gasteiger partial charge in [0.15, 0.2) is 0 Å². The zero-order valence-electron chi connectivity index (χ0n) is 23.0. The molecule has 0 N–H and O–H groups in total. The van der Waals surface area contributed by atoms with Crippen LogP contribution >= 0.6 is 0 Å². The fourth-order valence-electron chi connectivity index (χ4n) is 4.46. The predicted molar refractivity (Wildman–Crippen MR) is 148 cm³/mol. The number of sulfonamides is 1. The van der Waals surface area contributed by atoms with E-state index in [9.17, 15) is 18.0 Å². The number of benzene rings is 2. The number of fused-ring (bicyclic) bond motifs is 1. The van der Waals surface area contributed by atoms with E-state index in [2.05, 4.69) is 0 Å². The van der Waals surface area contributed by atoms with Crippen molar-refractivity contribution in [2.24, 2.45) is 5.92 Å². The van der Waals surface area contributed by atoms with E-state index >= 15 is 0 Å². The quantitative estimate of drug-likeness (QED) is 0.530. The number of carbonyl (C=O) groups excluding carboxylic acids is 2. The highest BCUT2D eigenvalue weighted by Crippen LogP contribution is 2.27. The number of likely N-dealkylation sites (N-methyl/N-ethyl adjacent to an activating group) is 1. The van der Waals surface area contributed by atoms with Crippen LogP contribution in [0.5, 0.6) is 5.75 Å². The van der Waals surface area contributed by atoms with Gasteiger partial charge in [0.1, 0.15) is 12.4 Å². The van der Waals surface area contributed by atoms with Crippen molar-refractivity contribution in [3.05, 3.63) is 71.8 Å². The normalized spacial score (nSPS) is 18.6. The molecule has 0 unspecified atom stereocenters. The van der Waals surface area contributed by atoms with E-state index < -0.39 is 10.0 Å². The Morgan fingerprint density at radius 1 is 1.13 bits per heavy atom. The van der Waals surface area contributed by atoms with E-state index in [0.717, 1.165) is 18.4 Å². The fourth-order valence-corrected chi connectivity index (χ4v) is 5.65. The lowest BCUT2D eigenvalue weighted by Crippen LogP contribution is -2.46. The van der Waals surface area contributed by atoms with Crippen LogP contribution in [0.25, 0.3) is 0 Å². The minimum absolute atomic E-state index is 0.0162. The Kier molecular flexibility index (Phi) is 10.1. The average molecular weight is 542 g/mol. The Morgan fingerprint density at radius 3 is 2.50 bits per heavy atom. The molecule has 2 aromatic carbocycles. The first-order valence-corrected chi connectivity index (χ1v) is 14.4. The van der Waals surface area contributed by atoms with Crippen molar-refractivity contribution in [3.63, 3.8) is 0 Å². The molecule has 38 heavy (non-hydrogen) atoms. The highest BCUT2D eigenvalue weighted by Gasteiger charge is 2.28. The first-order chi connectivity index (χ1) is 18.0. The summed E-state index contributed by atoms with van der Waals surface area (Å²) in [5.41, 5.74) is 1.03. The van der Waals surface area contributed by atoms with Crippen LogP contribution in [-0.4, -0.2) is 74.2 Å². The van der Waals surface area contributed by atoms with Gasteiger partial charge in [-0.25, -0.2) is 8.42 Å². The first kappa shape index (κ1) is 29.4. The summed E-state index contributed by atoms with van der Waals surface area (Å²) in [6.45, 7) is 7.00. The van der Waals surface area contributed by atoms with Crippen LogP contribution in [-0.2, 0) is 21.4 Å². The van der Waals surface area contributed by atoms with Crippen LogP contribution in [0.1, 0.15) is 49.5 Å². The van der Waals surface area contributed by atoms with Crippen LogP contribution in [0.15, 0.2) is 65.6 Å². The third-order valence-corrected chi connectivity index (χ3v) is 8.58. The highest BCUT2D eigenvalue weighted by atomic mass is 32.2. The highest BCUT2D eigenvalue weighted by molar-refractivity contribution is 7.89. The van der Waals surface area contributed by atoms with Gasteiger partial charge in [-0.3, -0.25) is 9.59 Å². The van der Waals surface area contributed by atoms with Crippen molar-refractivity contribution in [1.82, 2.24) is 14.1 Å². The van der Waals surface area contributed by atoms with Gasteiger partial charge in [-0.1, -0.05) is 56.3 Å². The summed E-state index contributed by atoms with van der Waals surface area (Å²) >= 11 is 0. The summed E-state index contributed by atoms with van der Waals surface area (Å²) in [7, 11) is -0.676. The third-order valence-electron chi connectivity index (χ3n) is 6.78. The number of rotatable bonds is 5. The minimum atomic E-state index is -3.88. The largest absolute Gasteiger partial charge is 0.491 e. The van der Waals surface area contributed by atoms with E-state index in [-0.39, 0.29) is 47.4 Å². The molecule has 0 saturated heterocycles. The lowest BCUT2D eigenvalue weighted by atomic mass is 10.0. The second-order valence-electron chi connectivity index (χ2n) is 10.0. The van der Waals surface area contributed by atoms with E-state index in [1.165, 1.54) is 28.4 Å². The summed E-state index contributed by atoms with van der Waals surface area (Å²) in [6, 6.07) is 13.5. The number of carbonyl (C=O) groups is 2. The number of hydrogen-bond acceptors (Lipinski definition) is 5. The molecule has 9 heteroatoms. The molecule has 1 aliphatic heterocycles. The van der Waals surface area contributed by atoms with Gasteiger partial charge in [-0.15, -0.1) is 0 Å². The summed E-state index contributed by atoms with van der Waals surface area (Å²) in [5.74, 6) is 0.0495. The first-order valence-electron chi connectivity index (χ1n) is 13.0. The second-order valence-corrected chi connectivity index (χ2v) is 12.1. The summed E-state index contributed by atoms with van der Waals surface area (Å²) in [5, 5.41) is 0. The molecule has 1 heterocycles. The number of amides is 2. The van der Waals surface area contributed by atoms with Crippen molar-refractivity contribution < 1.29 is 22.7 Å². The Morgan fingerprint density at radius 2 is 1.84 bits per heavy atom. The van der Waals surface area contributed by atoms with Gasteiger partial charge in [0.25, 0.3) is 5.91 Å². The SMILES string of the molecule is CC(=O)N1CCC/C=C/CN(C)C(=O)c2cc(S(=O)(=O)N(C)Cc3ccccc3)ccc2OC[C@@H]1C(C)C. The van der Waals surface area contributed by atoms with Gasteiger partial charge < -0.3 is 14.5 Å². The monoisotopic (exact) mass is 541 g/mol. The van der Waals surface area contributed by atoms with Crippen LogP contribution < -0.4 is 4.74 Å². The smallest absolute Gasteiger partial charge is 0.257 e. The molecule has 2 amide bonds. The third kappa shape index (κ3) is 7.23. The topological polar surface area (TPSA) is 87.2 Å². The van der Waals surface area contributed by atoms with E-state index in [0.29, 0.717) is 18.8 Å². The Balaban J connectivity index is 1.99. The standard InChI is InChI=1S/C29H39N3O5S/c1-22(2)27-21-37-28-16-15-25(38(35,36)31(5)20-24-13-9-8-10-14-24)19-26(28)29(34)30(4)17-11-6-7-12-18-32(27)23(3)33/h6,8-11,13-16,19,22,27H,7,12,17-18,20-21H2,1-5H3/b11-6+/t27-/m1/s1. The summed E-state index contributed by atoms with van der Waals surface area (Å²) in [6.07, 6.45) is 5.51. The molecular weight excluding hydrogens is 502 g/mol.